The summed E-state index contributed by atoms with van der Waals surface area (Å²) in [5.74, 6) is 0.446. The summed E-state index contributed by atoms with van der Waals surface area (Å²) < 4.78 is 14.0. The van der Waals surface area contributed by atoms with E-state index in [1.807, 2.05) is 6.07 Å². The van der Waals surface area contributed by atoms with Gasteiger partial charge in [0, 0.05) is 18.7 Å². The van der Waals surface area contributed by atoms with Crippen LogP contribution in [-0.2, 0) is 0 Å². The van der Waals surface area contributed by atoms with Gasteiger partial charge in [0.25, 0.3) is 0 Å². The summed E-state index contributed by atoms with van der Waals surface area (Å²) in [5, 5.41) is 9.77. The first-order valence-corrected chi connectivity index (χ1v) is 6.85. The lowest BCUT2D eigenvalue weighted by atomic mass is 10.0. The predicted molar refractivity (Wildman–Crippen MR) is 72.3 cm³/mol. The van der Waals surface area contributed by atoms with Crippen molar-refractivity contribution in [1.82, 2.24) is 0 Å². The monoisotopic (exact) mass is 251 g/mol. The molecule has 0 radical (unpaired) electrons. The fraction of sp³-hybridized carbons (Fsp3) is 0.600. The van der Waals surface area contributed by atoms with Crippen molar-refractivity contribution < 1.29 is 9.50 Å². The van der Waals surface area contributed by atoms with Crippen LogP contribution in [0.25, 0.3) is 0 Å². The molecule has 0 aliphatic carbocycles. The largest absolute Gasteiger partial charge is 0.389 e. The van der Waals surface area contributed by atoms with Gasteiger partial charge in [0.15, 0.2) is 0 Å². The predicted octanol–water partition coefficient (Wildman–Crippen LogP) is 3.51. The molecule has 2 atom stereocenters. The van der Waals surface area contributed by atoms with Gasteiger partial charge in [-0.15, -0.1) is 0 Å². The van der Waals surface area contributed by atoms with Crippen LogP contribution in [0.4, 0.5) is 10.1 Å². The van der Waals surface area contributed by atoms with E-state index in [-0.39, 0.29) is 5.82 Å². The van der Waals surface area contributed by atoms with E-state index >= 15 is 0 Å². The quantitative estimate of drug-likeness (QED) is 0.885. The Bertz CT molecular complexity index is 405. The molecule has 1 unspecified atom stereocenters. The Kier molecular flexibility index (Phi) is 4.23. The molecule has 18 heavy (non-hydrogen) atoms. The molecule has 0 saturated carbocycles. The van der Waals surface area contributed by atoms with Gasteiger partial charge in [-0.05, 0) is 31.7 Å². The Morgan fingerprint density at radius 2 is 2.28 bits per heavy atom. The maximum atomic E-state index is 14.0. The number of anilines is 1. The van der Waals surface area contributed by atoms with Crippen LogP contribution < -0.4 is 4.90 Å². The van der Waals surface area contributed by atoms with Crippen LogP contribution in [0.1, 0.15) is 44.8 Å². The van der Waals surface area contributed by atoms with Gasteiger partial charge in [0.05, 0.1) is 11.8 Å². The lowest BCUT2D eigenvalue weighted by molar-refractivity contribution is 0.199. The van der Waals surface area contributed by atoms with Crippen molar-refractivity contribution in [2.24, 2.45) is 5.92 Å². The maximum absolute atomic E-state index is 14.0. The molecule has 3 heteroatoms. The van der Waals surface area contributed by atoms with Crippen molar-refractivity contribution in [2.75, 3.05) is 18.0 Å². The minimum absolute atomic E-state index is 0.217. The molecule has 1 saturated heterocycles. The lowest BCUT2D eigenvalue weighted by Crippen LogP contribution is -2.23. The van der Waals surface area contributed by atoms with Crippen LogP contribution in [0.15, 0.2) is 18.2 Å². The molecule has 2 nitrogen and oxygen atoms in total. The first-order valence-electron chi connectivity index (χ1n) is 6.85. The smallest absolute Gasteiger partial charge is 0.146 e. The maximum Gasteiger partial charge on any atom is 0.146 e. The molecule has 100 valence electrons. The van der Waals surface area contributed by atoms with Gasteiger partial charge < -0.3 is 10.0 Å². The molecule has 1 N–H and O–H groups in total. The Morgan fingerprint density at radius 1 is 1.50 bits per heavy atom. The number of aliphatic hydroxyl groups is 1. The van der Waals surface area contributed by atoms with Crippen LogP contribution in [0.2, 0.25) is 0 Å². The van der Waals surface area contributed by atoms with Gasteiger partial charge >= 0.3 is 0 Å². The van der Waals surface area contributed by atoms with Crippen molar-refractivity contribution in [3.8, 4) is 0 Å². The molecule has 1 fully saturated rings. The van der Waals surface area contributed by atoms with Gasteiger partial charge in [0.2, 0.25) is 0 Å². The molecule has 0 aromatic heterocycles. The van der Waals surface area contributed by atoms with Crippen molar-refractivity contribution in [2.45, 2.75) is 39.2 Å². The number of aliphatic hydroxyl groups excluding tert-OH is 1. The molecule has 2 rings (SSSR count). The van der Waals surface area contributed by atoms with Crippen LogP contribution >= 0.6 is 0 Å². The lowest BCUT2D eigenvalue weighted by Gasteiger charge is -2.24. The van der Waals surface area contributed by atoms with E-state index < -0.39 is 6.10 Å². The van der Waals surface area contributed by atoms with Gasteiger partial charge in [-0.1, -0.05) is 25.5 Å². The molecule has 0 amide bonds. The van der Waals surface area contributed by atoms with E-state index in [1.54, 1.807) is 13.0 Å². The highest BCUT2D eigenvalue weighted by Gasteiger charge is 2.26. The van der Waals surface area contributed by atoms with Gasteiger partial charge in [-0.2, -0.15) is 0 Å². The molecule has 1 aliphatic rings. The second-order valence-electron chi connectivity index (χ2n) is 5.24. The van der Waals surface area contributed by atoms with Crippen LogP contribution in [0.3, 0.4) is 0 Å². The summed E-state index contributed by atoms with van der Waals surface area (Å²) in [6, 6.07) is 4.96. The Balaban J connectivity index is 2.23. The fourth-order valence-electron chi connectivity index (χ4n) is 2.88. The number of rotatable bonds is 4. The third kappa shape index (κ3) is 2.66. The normalized spacial score (nSPS) is 21.3. The number of hydrogen-bond donors (Lipinski definition) is 1. The van der Waals surface area contributed by atoms with E-state index in [0.29, 0.717) is 17.2 Å². The van der Waals surface area contributed by atoms with Crippen molar-refractivity contribution >= 4 is 5.69 Å². The van der Waals surface area contributed by atoms with E-state index in [2.05, 4.69) is 11.8 Å². The third-order valence-corrected chi connectivity index (χ3v) is 3.77. The molecule has 1 aromatic carbocycles. The first-order chi connectivity index (χ1) is 8.63. The standard InChI is InChI=1S/C15H22FNO/c1-3-5-12-8-9-17(10-12)15-13(11(2)18)6-4-7-14(15)16/h4,6-7,11-12,18H,3,5,8-10H2,1-2H3/t11-,12?/m0/s1. The van der Waals surface area contributed by atoms with Crippen LogP contribution in [0, 0.1) is 11.7 Å². The number of nitrogens with zero attached hydrogens (tertiary/aromatic N) is 1. The number of halogens is 1. The van der Waals surface area contributed by atoms with E-state index in [0.717, 1.165) is 19.5 Å². The third-order valence-electron chi connectivity index (χ3n) is 3.77. The average molecular weight is 251 g/mol. The van der Waals surface area contributed by atoms with Gasteiger partial charge in [-0.3, -0.25) is 0 Å². The van der Waals surface area contributed by atoms with Crippen LogP contribution in [-0.4, -0.2) is 18.2 Å². The summed E-state index contributed by atoms with van der Waals surface area (Å²) in [5.41, 5.74) is 1.30. The Morgan fingerprint density at radius 3 is 2.94 bits per heavy atom. The SMILES string of the molecule is CCCC1CCN(c2c(F)cccc2[C@H](C)O)C1. The second kappa shape index (κ2) is 5.70. The van der Waals surface area contributed by atoms with Crippen molar-refractivity contribution in [3.63, 3.8) is 0 Å². The number of para-hydroxylation sites is 1. The number of benzene rings is 1. The first kappa shape index (κ1) is 13.3. The summed E-state index contributed by atoms with van der Waals surface area (Å²) in [4.78, 5) is 2.09. The zero-order valence-corrected chi connectivity index (χ0v) is 11.2. The minimum atomic E-state index is -0.624. The summed E-state index contributed by atoms with van der Waals surface area (Å²) >= 11 is 0. The minimum Gasteiger partial charge on any atom is -0.389 e. The number of hydrogen-bond acceptors (Lipinski definition) is 2. The second-order valence-corrected chi connectivity index (χ2v) is 5.24. The Labute approximate surface area is 108 Å². The van der Waals surface area contributed by atoms with E-state index in [4.69, 9.17) is 0 Å². The zero-order valence-electron chi connectivity index (χ0n) is 11.2. The molecular formula is C15H22FNO. The highest BCUT2D eigenvalue weighted by molar-refractivity contribution is 5.56. The zero-order chi connectivity index (χ0) is 13.1. The topological polar surface area (TPSA) is 23.5 Å². The molecule has 0 bridgehead atoms. The fourth-order valence-corrected chi connectivity index (χ4v) is 2.88. The van der Waals surface area contributed by atoms with E-state index in [9.17, 15) is 9.50 Å². The van der Waals surface area contributed by atoms with Crippen molar-refractivity contribution in [1.29, 1.82) is 0 Å². The molecular weight excluding hydrogens is 229 g/mol. The van der Waals surface area contributed by atoms with E-state index in [1.165, 1.54) is 18.9 Å². The van der Waals surface area contributed by atoms with Crippen LogP contribution in [0.5, 0.6) is 0 Å². The summed E-state index contributed by atoms with van der Waals surface area (Å²) in [6.45, 7) is 5.69. The molecule has 1 aromatic rings. The van der Waals surface area contributed by atoms with Gasteiger partial charge in [-0.25, -0.2) is 4.39 Å². The average Bonchev–Trinajstić information content (AvgIpc) is 2.77. The van der Waals surface area contributed by atoms with Gasteiger partial charge in [0.1, 0.15) is 5.82 Å². The molecule has 0 spiro atoms. The Hall–Kier alpha value is -1.09. The molecule has 1 heterocycles. The van der Waals surface area contributed by atoms with Crippen molar-refractivity contribution in [3.05, 3.63) is 29.6 Å². The summed E-state index contributed by atoms with van der Waals surface area (Å²) in [7, 11) is 0. The summed E-state index contributed by atoms with van der Waals surface area (Å²) in [6.07, 6.45) is 2.89. The molecule has 1 aliphatic heterocycles. The highest BCUT2D eigenvalue weighted by atomic mass is 19.1. The highest BCUT2D eigenvalue weighted by Crippen LogP contribution is 2.34.